The molecule has 6 heteroatoms. The van der Waals surface area contributed by atoms with Crippen LogP contribution in [0.15, 0.2) is 12.2 Å². The predicted molar refractivity (Wildman–Crippen MR) is 82.3 cm³/mol. The monoisotopic (exact) mass is 329 g/mol. The Morgan fingerprint density at radius 2 is 1.70 bits per heavy atom. The maximum atomic E-state index is 15.0. The van der Waals surface area contributed by atoms with Gasteiger partial charge in [0.1, 0.15) is 0 Å². The van der Waals surface area contributed by atoms with Crippen molar-refractivity contribution in [2.45, 2.75) is 52.6 Å². The highest BCUT2D eigenvalue weighted by atomic mass is 19.3. The van der Waals surface area contributed by atoms with E-state index in [0.717, 1.165) is 0 Å². The van der Waals surface area contributed by atoms with Crippen molar-refractivity contribution in [3.8, 4) is 0 Å². The van der Waals surface area contributed by atoms with Gasteiger partial charge in [-0.2, -0.15) is 0 Å². The first-order valence-electron chi connectivity index (χ1n) is 8.11. The Bertz CT molecular complexity index is 534. The van der Waals surface area contributed by atoms with Crippen LogP contribution in [0.5, 0.6) is 0 Å². The van der Waals surface area contributed by atoms with Crippen LogP contribution in [0.1, 0.15) is 41.0 Å². The van der Waals surface area contributed by atoms with Crippen molar-refractivity contribution in [1.29, 1.82) is 0 Å². The molecule has 0 aromatic carbocycles. The van der Waals surface area contributed by atoms with Gasteiger partial charge in [0.2, 0.25) is 5.60 Å². The van der Waals surface area contributed by atoms with Crippen molar-refractivity contribution in [2.24, 2.45) is 17.3 Å². The smallest absolute Gasteiger partial charge is 0.410 e. The van der Waals surface area contributed by atoms with Gasteiger partial charge in [-0.25, -0.2) is 13.6 Å². The second kappa shape index (κ2) is 5.56. The molecule has 0 saturated heterocycles. The van der Waals surface area contributed by atoms with Gasteiger partial charge in [0.05, 0.1) is 0 Å². The third-order valence-electron chi connectivity index (χ3n) is 4.86. The Morgan fingerprint density at radius 1 is 1.17 bits per heavy atom. The number of hydrogen-bond acceptors (Lipinski definition) is 3. The second-order valence-electron chi connectivity index (χ2n) is 7.31. The van der Waals surface area contributed by atoms with Crippen LogP contribution in [0, 0.1) is 17.3 Å². The zero-order chi connectivity index (χ0) is 17.6. The fraction of sp³-hybridized carbons (Fsp3) is 0.765. The van der Waals surface area contributed by atoms with E-state index < -0.39 is 40.7 Å². The molecule has 0 spiro atoms. The molecule has 0 unspecified atom stereocenters. The van der Waals surface area contributed by atoms with Crippen LogP contribution < -0.4 is 0 Å². The van der Waals surface area contributed by atoms with Crippen molar-refractivity contribution in [3.63, 3.8) is 0 Å². The highest BCUT2D eigenvalue weighted by Crippen LogP contribution is 2.60. The van der Waals surface area contributed by atoms with E-state index in [-0.39, 0.29) is 6.42 Å². The molecule has 130 valence electrons. The number of carbonyl (C=O) groups excluding carboxylic acids is 2. The molecule has 0 aromatic rings. The van der Waals surface area contributed by atoms with Crippen LogP contribution >= 0.6 is 0 Å². The number of amides is 1. The van der Waals surface area contributed by atoms with Crippen LogP contribution in [-0.4, -0.2) is 41.4 Å². The lowest BCUT2D eigenvalue weighted by molar-refractivity contribution is -0.202. The SMILES string of the molecule is CCN(CC)C(=O)O[C@@]1(C(=O)C(C)(C)C)[C@@H]2C=C[C@@H](C2)C1(F)F. The summed E-state index contributed by atoms with van der Waals surface area (Å²) in [6, 6.07) is 0. The first-order chi connectivity index (χ1) is 10.5. The molecule has 23 heavy (non-hydrogen) atoms. The van der Waals surface area contributed by atoms with Crippen LogP contribution in [0.4, 0.5) is 13.6 Å². The van der Waals surface area contributed by atoms with E-state index in [1.54, 1.807) is 40.7 Å². The minimum atomic E-state index is -3.39. The average Bonchev–Trinajstić information content (AvgIpc) is 3.00. The standard InChI is InChI=1S/C17H25F2NO3/c1-6-20(7-2)14(22)23-16(13(21)15(3,4)5)11-8-9-12(10-11)17(16,18)19/h8-9,11-12H,6-7,10H2,1-5H3/t11-,12+,16-/m1/s1. The van der Waals surface area contributed by atoms with Crippen molar-refractivity contribution >= 4 is 11.9 Å². The topological polar surface area (TPSA) is 46.6 Å². The Kier molecular flexibility index (Phi) is 4.33. The fourth-order valence-electron chi connectivity index (χ4n) is 3.54. The lowest BCUT2D eigenvalue weighted by Gasteiger charge is -2.43. The van der Waals surface area contributed by atoms with Crippen LogP contribution in [0.25, 0.3) is 0 Å². The zero-order valence-electron chi connectivity index (χ0n) is 14.4. The molecule has 2 aliphatic carbocycles. The first kappa shape index (κ1) is 17.9. The van der Waals surface area contributed by atoms with Gasteiger partial charge in [0.15, 0.2) is 5.78 Å². The Labute approximate surface area is 135 Å². The molecule has 1 fully saturated rings. The molecule has 0 N–H and O–H groups in total. The summed E-state index contributed by atoms with van der Waals surface area (Å²) in [5.74, 6) is -5.93. The average molecular weight is 329 g/mol. The van der Waals surface area contributed by atoms with Gasteiger partial charge in [0.25, 0.3) is 0 Å². The number of carbonyl (C=O) groups is 2. The molecule has 0 aliphatic heterocycles. The summed E-state index contributed by atoms with van der Waals surface area (Å²) in [6.45, 7) is 8.88. The molecule has 3 atom stereocenters. The number of alkyl halides is 2. The van der Waals surface area contributed by atoms with Gasteiger partial charge >= 0.3 is 12.0 Å². The van der Waals surface area contributed by atoms with Gasteiger partial charge in [-0.15, -0.1) is 0 Å². The summed E-state index contributed by atoms with van der Waals surface area (Å²) in [5, 5.41) is 0. The Morgan fingerprint density at radius 3 is 2.09 bits per heavy atom. The summed E-state index contributed by atoms with van der Waals surface area (Å²) in [4.78, 5) is 26.6. The van der Waals surface area contributed by atoms with Gasteiger partial charge in [-0.1, -0.05) is 32.9 Å². The third-order valence-corrected chi connectivity index (χ3v) is 4.86. The first-order valence-corrected chi connectivity index (χ1v) is 8.11. The summed E-state index contributed by atoms with van der Waals surface area (Å²) in [7, 11) is 0. The number of halogens is 2. The normalized spacial score (nSPS) is 31.3. The van der Waals surface area contributed by atoms with E-state index >= 15 is 8.78 Å². The number of Topliss-reactive ketones (excluding diaryl/α,β-unsaturated/α-hetero) is 1. The van der Waals surface area contributed by atoms with E-state index in [4.69, 9.17) is 4.74 Å². The minimum Gasteiger partial charge on any atom is -0.428 e. The number of nitrogens with zero attached hydrogens (tertiary/aromatic N) is 1. The van der Waals surface area contributed by atoms with E-state index in [0.29, 0.717) is 13.1 Å². The van der Waals surface area contributed by atoms with Crippen LogP contribution in [0.2, 0.25) is 0 Å². The second-order valence-corrected chi connectivity index (χ2v) is 7.31. The molecule has 4 nitrogen and oxygen atoms in total. The Balaban J connectivity index is 2.48. The van der Waals surface area contributed by atoms with Crippen molar-refractivity contribution in [2.75, 3.05) is 13.1 Å². The lowest BCUT2D eigenvalue weighted by Crippen LogP contribution is -2.63. The van der Waals surface area contributed by atoms with Gasteiger partial charge in [-0.3, -0.25) is 4.79 Å². The molecule has 1 saturated carbocycles. The Hall–Kier alpha value is -1.46. The largest absolute Gasteiger partial charge is 0.428 e. The molecular weight excluding hydrogens is 304 g/mol. The minimum absolute atomic E-state index is 0.139. The van der Waals surface area contributed by atoms with E-state index in [1.165, 1.54) is 11.0 Å². The number of ketones is 1. The summed E-state index contributed by atoms with van der Waals surface area (Å²) in [5.41, 5.74) is -3.43. The van der Waals surface area contributed by atoms with Crippen LogP contribution in [0.3, 0.4) is 0 Å². The van der Waals surface area contributed by atoms with Crippen molar-refractivity contribution < 1.29 is 23.1 Å². The number of allylic oxidation sites excluding steroid dienone is 1. The molecule has 1 amide bonds. The molecular formula is C17H25F2NO3. The van der Waals surface area contributed by atoms with E-state index in [2.05, 4.69) is 0 Å². The predicted octanol–water partition coefficient (Wildman–Crippen LogP) is 3.66. The maximum Gasteiger partial charge on any atom is 0.410 e. The molecule has 0 radical (unpaired) electrons. The van der Waals surface area contributed by atoms with Crippen molar-refractivity contribution in [3.05, 3.63) is 12.2 Å². The lowest BCUT2D eigenvalue weighted by atomic mass is 9.72. The summed E-state index contributed by atoms with van der Waals surface area (Å²) >= 11 is 0. The molecule has 2 bridgehead atoms. The highest BCUT2D eigenvalue weighted by Gasteiger charge is 2.76. The van der Waals surface area contributed by atoms with Crippen molar-refractivity contribution in [1.82, 2.24) is 4.90 Å². The molecule has 2 rings (SSSR count). The molecule has 0 heterocycles. The highest BCUT2D eigenvalue weighted by molar-refractivity contribution is 5.96. The third kappa shape index (κ3) is 2.46. The number of fused-ring (bicyclic) bond motifs is 2. The summed E-state index contributed by atoms with van der Waals surface area (Å²) < 4.78 is 35.3. The van der Waals surface area contributed by atoms with Gasteiger partial charge in [-0.05, 0) is 20.3 Å². The van der Waals surface area contributed by atoms with Crippen LogP contribution in [-0.2, 0) is 9.53 Å². The van der Waals surface area contributed by atoms with Gasteiger partial charge < -0.3 is 9.64 Å². The zero-order valence-corrected chi connectivity index (χ0v) is 14.4. The maximum absolute atomic E-state index is 15.0. The van der Waals surface area contributed by atoms with E-state index in [1.807, 2.05) is 0 Å². The number of ether oxygens (including phenoxy) is 1. The van der Waals surface area contributed by atoms with E-state index in [9.17, 15) is 9.59 Å². The number of rotatable bonds is 4. The molecule has 0 aromatic heterocycles. The fourth-order valence-corrected chi connectivity index (χ4v) is 3.54. The quantitative estimate of drug-likeness (QED) is 0.740. The number of hydrogen-bond donors (Lipinski definition) is 0. The van der Waals surface area contributed by atoms with Gasteiger partial charge in [0, 0.05) is 30.3 Å². The molecule has 2 aliphatic rings. The summed E-state index contributed by atoms with van der Waals surface area (Å²) in [6.07, 6.45) is 2.32.